The van der Waals surface area contributed by atoms with Gasteiger partial charge in [-0.3, -0.25) is 0 Å². The van der Waals surface area contributed by atoms with Crippen LogP contribution in [0.3, 0.4) is 0 Å². The van der Waals surface area contributed by atoms with Crippen molar-refractivity contribution in [3.8, 4) is 0 Å². The quantitative estimate of drug-likeness (QED) is 0.320. The fourth-order valence-electron chi connectivity index (χ4n) is 1.71. The van der Waals surface area contributed by atoms with E-state index in [1.165, 1.54) is 23.3 Å². The summed E-state index contributed by atoms with van der Waals surface area (Å²) in [5.41, 5.74) is 2.48. The molecule has 0 aliphatic rings. The second-order valence-corrected chi connectivity index (χ2v) is 6.88. The zero-order chi connectivity index (χ0) is 17.6. The highest BCUT2D eigenvalue weighted by atomic mass is 32.2. The molecule has 4 nitrogen and oxygen atoms in total. The van der Waals surface area contributed by atoms with E-state index in [1.807, 2.05) is 6.07 Å². The average molecular weight is 367 g/mol. The van der Waals surface area contributed by atoms with Gasteiger partial charge in [0.05, 0.1) is 0 Å². The van der Waals surface area contributed by atoms with E-state index in [9.17, 15) is 9.59 Å². The SMILES string of the molecule is C=CC(=O)OCCSCc1cccc(CSCCOC(=O)C=C)c1. The second kappa shape index (κ2) is 12.7. The Hall–Kier alpha value is -1.66. The van der Waals surface area contributed by atoms with Gasteiger partial charge >= 0.3 is 11.9 Å². The van der Waals surface area contributed by atoms with Crippen molar-refractivity contribution >= 4 is 35.5 Å². The standard InChI is InChI=1S/C18H22O4S2/c1-3-17(19)21-8-10-23-13-15-6-5-7-16(12-15)14-24-11-9-22-18(20)4-2/h3-7,12H,1-2,8-11,13-14H2. The molecule has 1 rings (SSSR count). The first-order chi connectivity index (χ1) is 11.7. The van der Waals surface area contributed by atoms with Gasteiger partial charge in [-0.1, -0.05) is 37.4 Å². The lowest BCUT2D eigenvalue weighted by atomic mass is 10.2. The van der Waals surface area contributed by atoms with Crippen LogP contribution in [-0.2, 0) is 30.6 Å². The molecule has 0 amide bonds. The lowest BCUT2D eigenvalue weighted by molar-refractivity contribution is -0.138. The normalized spacial score (nSPS) is 10.0. The first-order valence-corrected chi connectivity index (χ1v) is 9.78. The number of esters is 2. The molecule has 0 aromatic heterocycles. The molecule has 0 atom stereocenters. The fraction of sp³-hybridized carbons (Fsp3) is 0.333. The highest BCUT2D eigenvalue weighted by molar-refractivity contribution is 7.98. The van der Waals surface area contributed by atoms with E-state index in [4.69, 9.17) is 9.47 Å². The summed E-state index contributed by atoms with van der Waals surface area (Å²) in [5.74, 6) is 2.50. The molecule has 0 N–H and O–H groups in total. The third-order valence-electron chi connectivity index (χ3n) is 2.81. The van der Waals surface area contributed by atoms with Crippen LogP contribution in [0.25, 0.3) is 0 Å². The van der Waals surface area contributed by atoms with Crippen LogP contribution in [0.4, 0.5) is 0 Å². The largest absolute Gasteiger partial charge is 0.462 e. The molecule has 0 fully saturated rings. The van der Waals surface area contributed by atoms with E-state index in [2.05, 4.69) is 31.4 Å². The summed E-state index contributed by atoms with van der Waals surface area (Å²) < 4.78 is 9.86. The minimum atomic E-state index is -0.381. The summed E-state index contributed by atoms with van der Waals surface area (Å²) in [6, 6.07) is 8.39. The van der Waals surface area contributed by atoms with Gasteiger partial charge < -0.3 is 9.47 Å². The molecule has 0 radical (unpaired) electrons. The van der Waals surface area contributed by atoms with Crippen molar-refractivity contribution in [1.82, 2.24) is 0 Å². The van der Waals surface area contributed by atoms with Crippen LogP contribution in [0.5, 0.6) is 0 Å². The van der Waals surface area contributed by atoms with E-state index in [0.717, 1.165) is 23.0 Å². The van der Waals surface area contributed by atoms with Crippen molar-refractivity contribution < 1.29 is 19.1 Å². The fourth-order valence-corrected chi connectivity index (χ4v) is 3.23. The van der Waals surface area contributed by atoms with Crippen LogP contribution in [0.1, 0.15) is 11.1 Å². The second-order valence-electron chi connectivity index (χ2n) is 4.67. The number of ether oxygens (including phenoxy) is 2. The summed E-state index contributed by atoms with van der Waals surface area (Å²) in [5, 5.41) is 0. The highest BCUT2D eigenvalue weighted by Gasteiger charge is 2.00. The maximum atomic E-state index is 10.9. The van der Waals surface area contributed by atoms with Crippen LogP contribution >= 0.6 is 23.5 Å². The van der Waals surface area contributed by atoms with Gasteiger partial charge in [-0.15, -0.1) is 0 Å². The van der Waals surface area contributed by atoms with Gasteiger partial charge in [0.2, 0.25) is 0 Å². The molecule has 24 heavy (non-hydrogen) atoms. The molecule has 0 saturated carbocycles. The van der Waals surface area contributed by atoms with Crippen molar-refractivity contribution in [1.29, 1.82) is 0 Å². The van der Waals surface area contributed by atoms with E-state index >= 15 is 0 Å². The Bertz CT molecular complexity index is 512. The molecule has 0 aliphatic carbocycles. The minimum absolute atomic E-state index is 0.381. The van der Waals surface area contributed by atoms with Crippen LogP contribution in [0.15, 0.2) is 49.6 Å². The third kappa shape index (κ3) is 9.47. The molecule has 0 saturated heterocycles. The van der Waals surface area contributed by atoms with E-state index in [0.29, 0.717) is 13.2 Å². The maximum Gasteiger partial charge on any atom is 0.330 e. The summed E-state index contributed by atoms with van der Waals surface area (Å²) in [6.07, 6.45) is 2.34. The smallest absolute Gasteiger partial charge is 0.330 e. The Labute approximate surface area is 151 Å². The lowest BCUT2D eigenvalue weighted by Crippen LogP contribution is -2.04. The Balaban J connectivity index is 2.21. The Kier molecular flexibility index (Phi) is 10.8. The molecule has 0 bridgehead atoms. The van der Waals surface area contributed by atoms with Crippen molar-refractivity contribution in [2.75, 3.05) is 24.7 Å². The average Bonchev–Trinajstić information content (AvgIpc) is 2.61. The molecular weight excluding hydrogens is 344 g/mol. The van der Waals surface area contributed by atoms with Crippen molar-refractivity contribution in [2.45, 2.75) is 11.5 Å². The van der Waals surface area contributed by atoms with Gasteiger partial charge in [0.25, 0.3) is 0 Å². The number of thioether (sulfide) groups is 2. The van der Waals surface area contributed by atoms with Gasteiger partial charge in [-0.05, 0) is 11.1 Å². The highest BCUT2D eigenvalue weighted by Crippen LogP contribution is 2.17. The number of carbonyl (C=O) groups excluding carboxylic acids is 2. The first-order valence-electron chi connectivity index (χ1n) is 7.47. The molecule has 130 valence electrons. The number of carbonyl (C=O) groups is 2. The molecule has 0 heterocycles. The summed E-state index contributed by atoms with van der Waals surface area (Å²) in [7, 11) is 0. The van der Waals surface area contributed by atoms with Crippen molar-refractivity contribution in [2.24, 2.45) is 0 Å². The van der Waals surface area contributed by atoms with Crippen LogP contribution < -0.4 is 0 Å². The molecular formula is C18H22O4S2. The lowest BCUT2D eigenvalue weighted by Gasteiger charge is -2.06. The summed E-state index contributed by atoms with van der Waals surface area (Å²) in [4.78, 5) is 21.8. The third-order valence-corrected chi connectivity index (χ3v) is 4.79. The van der Waals surface area contributed by atoms with Gasteiger partial charge in [0.1, 0.15) is 13.2 Å². The van der Waals surface area contributed by atoms with Crippen LogP contribution in [-0.4, -0.2) is 36.7 Å². The molecule has 6 heteroatoms. The zero-order valence-electron chi connectivity index (χ0n) is 13.6. The monoisotopic (exact) mass is 366 g/mol. The minimum Gasteiger partial charge on any atom is -0.462 e. The van der Waals surface area contributed by atoms with Crippen LogP contribution in [0.2, 0.25) is 0 Å². The molecule has 1 aromatic rings. The predicted octanol–water partition coefficient (Wildman–Crippen LogP) is 3.61. The zero-order valence-corrected chi connectivity index (χ0v) is 15.2. The summed E-state index contributed by atoms with van der Waals surface area (Å²) in [6.45, 7) is 7.50. The Morgan fingerprint density at radius 3 is 1.79 bits per heavy atom. The van der Waals surface area contributed by atoms with Gasteiger partial charge in [-0.25, -0.2) is 9.59 Å². The molecule has 0 aliphatic heterocycles. The number of hydrogen-bond donors (Lipinski definition) is 0. The van der Waals surface area contributed by atoms with Gasteiger partial charge in [0.15, 0.2) is 0 Å². The number of benzene rings is 1. The predicted molar refractivity (Wildman–Crippen MR) is 101 cm³/mol. The van der Waals surface area contributed by atoms with Crippen molar-refractivity contribution in [3.63, 3.8) is 0 Å². The Morgan fingerprint density at radius 1 is 0.917 bits per heavy atom. The van der Waals surface area contributed by atoms with Gasteiger partial charge in [0, 0.05) is 35.2 Å². The maximum absolute atomic E-state index is 10.9. The first kappa shape index (κ1) is 20.4. The molecule has 1 aromatic carbocycles. The number of hydrogen-bond acceptors (Lipinski definition) is 6. The number of rotatable bonds is 12. The molecule has 0 spiro atoms. The van der Waals surface area contributed by atoms with Crippen molar-refractivity contribution in [3.05, 3.63) is 60.7 Å². The van der Waals surface area contributed by atoms with E-state index < -0.39 is 0 Å². The van der Waals surface area contributed by atoms with E-state index in [-0.39, 0.29) is 11.9 Å². The van der Waals surface area contributed by atoms with E-state index in [1.54, 1.807) is 23.5 Å². The Morgan fingerprint density at radius 2 is 1.38 bits per heavy atom. The molecule has 0 unspecified atom stereocenters. The topological polar surface area (TPSA) is 52.6 Å². The summed E-state index contributed by atoms with van der Waals surface area (Å²) >= 11 is 3.44. The van der Waals surface area contributed by atoms with Crippen LogP contribution in [0, 0.1) is 0 Å². The van der Waals surface area contributed by atoms with Gasteiger partial charge in [-0.2, -0.15) is 23.5 Å².